The second-order valence-electron chi connectivity index (χ2n) is 6.42. The molecule has 0 spiro atoms. The van der Waals surface area contributed by atoms with Crippen molar-refractivity contribution in [2.24, 2.45) is 5.41 Å². The standard InChI is InChI=1S/C14H26N2O2/c1-7-9(2)16-10(3)8-11(17)15-12(13(16)18)14(4,5)6/h9-10,12H,7-8H2,1-6H3,(H,15,17). The highest BCUT2D eigenvalue weighted by Gasteiger charge is 2.41. The largest absolute Gasteiger partial charge is 0.344 e. The van der Waals surface area contributed by atoms with Crippen LogP contribution in [0.5, 0.6) is 0 Å². The summed E-state index contributed by atoms with van der Waals surface area (Å²) < 4.78 is 0. The molecule has 4 heteroatoms. The summed E-state index contributed by atoms with van der Waals surface area (Å²) in [5.41, 5.74) is -0.261. The summed E-state index contributed by atoms with van der Waals surface area (Å²) in [4.78, 5) is 26.4. The average molecular weight is 254 g/mol. The summed E-state index contributed by atoms with van der Waals surface area (Å²) in [7, 11) is 0. The third-order valence-electron chi connectivity index (χ3n) is 3.69. The minimum Gasteiger partial charge on any atom is -0.344 e. The van der Waals surface area contributed by atoms with Crippen molar-refractivity contribution in [3.8, 4) is 0 Å². The Morgan fingerprint density at radius 1 is 1.39 bits per heavy atom. The Morgan fingerprint density at radius 2 is 1.94 bits per heavy atom. The van der Waals surface area contributed by atoms with E-state index in [0.717, 1.165) is 6.42 Å². The quantitative estimate of drug-likeness (QED) is 0.818. The number of nitrogens with zero attached hydrogens (tertiary/aromatic N) is 1. The van der Waals surface area contributed by atoms with E-state index in [1.807, 2.05) is 39.5 Å². The second-order valence-corrected chi connectivity index (χ2v) is 6.42. The van der Waals surface area contributed by atoms with Crippen LogP contribution in [0.25, 0.3) is 0 Å². The molecule has 2 amide bonds. The molecular weight excluding hydrogens is 228 g/mol. The van der Waals surface area contributed by atoms with Crippen molar-refractivity contribution in [3.05, 3.63) is 0 Å². The normalized spacial score (nSPS) is 27.8. The van der Waals surface area contributed by atoms with Gasteiger partial charge in [-0.1, -0.05) is 27.7 Å². The summed E-state index contributed by atoms with van der Waals surface area (Å²) in [6.07, 6.45) is 1.30. The zero-order chi connectivity index (χ0) is 14.1. The first-order valence-corrected chi connectivity index (χ1v) is 6.80. The van der Waals surface area contributed by atoms with Gasteiger partial charge in [-0.2, -0.15) is 0 Å². The molecule has 0 aliphatic carbocycles. The average Bonchev–Trinajstić information content (AvgIpc) is 2.34. The van der Waals surface area contributed by atoms with Gasteiger partial charge in [-0.25, -0.2) is 0 Å². The molecule has 1 fully saturated rings. The van der Waals surface area contributed by atoms with Gasteiger partial charge in [0.1, 0.15) is 6.04 Å². The lowest BCUT2D eigenvalue weighted by molar-refractivity contribution is -0.139. The summed E-state index contributed by atoms with van der Waals surface area (Å²) in [5, 5.41) is 2.88. The molecular formula is C14H26N2O2. The molecule has 104 valence electrons. The van der Waals surface area contributed by atoms with Gasteiger partial charge in [-0.3, -0.25) is 9.59 Å². The maximum Gasteiger partial charge on any atom is 0.246 e. The van der Waals surface area contributed by atoms with Crippen molar-refractivity contribution in [1.29, 1.82) is 0 Å². The van der Waals surface area contributed by atoms with E-state index in [4.69, 9.17) is 0 Å². The second kappa shape index (κ2) is 5.29. The SMILES string of the molecule is CCC(C)N1C(=O)C(C(C)(C)C)NC(=O)CC1C. The lowest BCUT2D eigenvalue weighted by atomic mass is 9.85. The summed E-state index contributed by atoms with van der Waals surface area (Å²) in [5.74, 6) is 0.0248. The van der Waals surface area contributed by atoms with Gasteiger partial charge < -0.3 is 10.2 Å². The fraction of sp³-hybridized carbons (Fsp3) is 0.857. The number of rotatable bonds is 2. The Morgan fingerprint density at radius 3 is 2.39 bits per heavy atom. The third kappa shape index (κ3) is 3.03. The highest BCUT2D eigenvalue weighted by Crippen LogP contribution is 2.26. The van der Waals surface area contributed by atoms with Crippen LogP contribution in [0.1, 0.15) is 54.4 Å². The fourth-order valence-electron chi connectivity index (χ4n) is 2.45. The third-order valence-corrected chi connectivity index (χ3v) is 3.69. The Bertz CT molecular complexity index is 333. The van der Waals surface area contributed by atoms with Crippen molar-refractivity contribution >= 4 is 11.8 Å². The maximum atomic E-state index is 12.7. The molecule has 4 nitrogen and oxygen atoms in total. The van der Waals surface area contributed by atoms with Crippen LogP contribution >= 0.6 is 0 Å². The number of nitrogens with one attached hydrogen (secondary N) is 1. The van der Waals surface area contributed by atoms with Gasteiger partial charge in [-0.05, 0) is 25.7 Å². The Kier molecular flexibility index (Phi) is 4.41. The highest BCUT2D eigenvalue weighted by molar-refractivity contribution is 5.91. The molecule has 1 heterocycles. The van der Waals surface area contributed by atoms with Crippen LogP contribution in [-0.2, 0) is 9.59 Å². The number of carbonyl (C=O) groups is 2. The van der Waals surface area contributed by atoms with E-state index in [2.05, 4.69) is 12.2 Å². The number of hydrogen-bond donors (Lipinski definition) is 1. The van der Waals surface area contributed by atoms with Gasteiger partial charge in [0.05, 0.1) is 0 Å². The summed E-state index contributed by atoms with van der Waals surface area (Å²) in [6, 6.07) is -0.284. The van der Waals surface area contributed by atoms with E-state index < -0.39 is 6.04 Å². The highest BCUT2D eigenvalue weighted by atomic mass is 16.2. The van der Waals surface area contributed by atoms with Gasteiger partial charge in [0.25, 0.3) is 0 Å². The van der Waals surface area contributed by atoms with Crippen molar-refractivity contribution in [1.82, 2.24) is 10.2 Å². The van der Waals surface area contributed by atoms with Crippen LogP contribution in [0.2, 0.25) is 0 Å². The summed E-state index contributed by atoms with van der Waals surface area (Å²) in [6.45, 7) is 12.0. The van der Waals surface area contributed by atoms with Gasteiger partial charge in [0.2, 0.25) is 11.8 Å². The number of carbonyl (C=O) groups excluding carboxylic acids is 2. The number of hydrogen-bond acceptors (Lipinski definition) is 2. The van der Waals surface area contributed by atoms with Gasteiger partial charge in [-0.15, -0.1) is 0 Å². The molecule has 0 radical (unpaired) electrons. The number of amides is 2. The smallest absolute Gasteiger partial charge is 0.246 e. The predicted molar refractivity (Wildman–Crippen MR) is 72.1 cm³/mol. The molecule has 1 aliphatic heterocycles. The van der Waals surface area contributed by atoms with Crippen LogP contribution in [0.4, 0.5) is 0 Å². The minimum atomic E-state index is -0.427. The molecule has 18 heavy (non-hydrogen) atoms. The van der Waals surface area contributed by atoms with Crippen molar-refractivity contribution in [2.75, 3.05) is 0 Å². The topological polar surface area (TPSA) is 49.4 Å². The summed E-state index contributed by atoms with van der Waals surface area (Å²) >= 11 is 0. The molecule has 1 rings (SSSR count). The lowest BCUT2D eigenvalue weighted by Gasteiger charge is -2.37. The van der Waals surface area contributed by atoms with Gasteiger partial charge in [0, 0.05) is 18.5 Å². The lowest BCUT2D eigenvalue weighted by Crippen LogP contribution is -2.54. The molecule has 3 atom stereocenters. The maximum absolute atomic E-state index is 12.7. The minimum absolute atomic E-state index is 0.0263. The molecule has 0 aromatic rings. The van der Waals surface area contributed by atoms with Crippen LogP contribution in [-0.4, -0.2) is 34.8 Å². The van der Waals surface area contributed by atoms with Gasteiger partial charge >= 0.3 is 0 Å². The molecule has 0 bridgehead atoms. The van der Waals surface area contributed by atoms with Crippen LogP contribution in [0.3, 0.4) is 0 Å². The Balaban J connectivity index is 3.10. The predicted octanol–water partition coefficient (Wildman–Crippen LogP) is 1.94. The first-order valence-electron chi connectivity index (χ1n) is 6.80. The molecule has 0 aromatic carbocycles. The van der Waals surface area contributed by atoms with E-state index in [1.54, 1.807) is 0 Å². The monoisotopic (exact) mass is 254 g/mol. The van der Waals surface area contributed by atoms with Crippen LogP contribution in [0, 0.1) is 5.41 Å². The van der Waals surface area contributed by atoms with Crippen molar-refractivity contribution in [3.63, 3.8) is 0 Å². The van der Waals surface area contributed by atoms with E-state index >= 15 is 0 Å². The Labute approximate surface area is 110 Å². The van der Waals surface area contributed by atoms with Crippen molar-refractivity contribution < 1.29 is 9.59 Å². The molecule has 0 saturated carbocycles. The van der Waals surface area contributed by atoms with E-state index in [-0.39, 0.29) is 29.3 Å². The van der Waals surface area contributed by atoms with Gasteiger partial charge in [0.15, 0.2) is 0 Å². The van der Waals surface area contributed by atoms with E-state index in [9.17, 15) is 9.59 Å². The molecule has 3 unspecified atom stereocenters. The van der Waals surface area contributed by atoms with Crippen LogP contribution in [0.15, 0.2) is 0 Å². The fourth-order valence-corrected chi connectivity index (χ4v) is 2.45. The zero-order valence-electron chi connectivity index (χ0n) is 12.4. The first kappa shape index (κ1) is 15.0. The van der Waals surface area contributed by atoms with E-state index in [0.29, 0.717) is 6.42 Å². The molecule has 1 aliphatic rings. The van der Waals surface area contributed by atoms with E-state index in [1.165, 1.54) is 0 Å². The molecule has 1 N–H and O–H groups in total. The first-order chi connectivity index (χ1) is 8.18. The Hall–Kier alpha value is -1.06. The zero-order valence-corrected chi connectivity index (χ0v) is 12.4. The molecule has 1 saturated heterocycles. The van der Waals surface area contributed by atoms with Crippen LogP contribution < -0.4 is 5.32 Å². The molecule has 0 aromatic heterocycles. The van der Waals surface area contributed by atoms with Crippen molar-refractivity contribution in [2.45, 2.75) is 72.5 Å².